The Morgan fingerprint density at radius 2 is 2.07 bits per heavy atom. The maximum absolute atomic E-state index is 12.7. The zero-order valence-electron chi connectivity index (χ0n) is 17.8. The first kappa shape index (κ1) is 20.4. The van der Waals surface area contributed by atoms with E-state index in [4.69, 9.17) is 9.47 Å². The van der Waals surface area contributed by atoms with Crippen molar-refractivity contribution < 1.29 is 19.2 Å². The van der Waals surface area contributed by atoms with E-state index in [1.165, 1.54) is 16.0 Å². The lowest BCUT2D eigenvalue weighted by Crippen LogP contribution is -3.13. The minimum absolute atomic E-state index is 0.0511. The van der Waals surface area contributed by atoms with Crippen molar-refractivity contribution in [2.75, 3.05) is 32.8 Å². The number of quaternary nitrogens is 1. The van der Waals surface area contributed by atoms with Crippen molar-refractivity contribution in [1.82, 2.24) is 9.88 Å². The highest BCUT2D eigenvalue weighted by Crippen LogP contribution is 2.35. The van der Waals surface area contributed by atoms with Crippen LogP contribution in [0.15, 0.2) is 42.7 Å². The number of amides is 1. The fourth-order valence-corrected chi connectivity index (χ4v) is 4.14. The number of rotatable bonds is 6. The normalized spacial score (nSPS) is 19.0. The number of pyridine rings is 1. The van der Waals surface area contributed by atoms with Gasteiger partial charge < -0.3 is 19.3 Å². The lowest BCUT2D eigenvalue weighted by Gasteiger charge is -2.31. The van der Waals surface area contributed by atoms with Gasteiger partial charge in [0.25, 0.3) is 0 Å². The van der Waals surface area contributed by atoms with Crippen LogP contribution in [0.3, 0.4) is 0 Å². The summed E-state index contributed by atoms with van der Waals surface area (Å²) in [6, 6.07) is 8.16. The van der Waals surface area contributed by atoms with Crippen LogP contribution in [0.4, 0.5) is 0 Å². The number of fused-ring (bicyclic) bond motifs is 1. The number of carbonyl (C=O) groups excluding carboxylic acids is 1. The first-order chi connectivity index (χ1) is 14.6. The molecule has 0 unspecified atom stereocenters. The molecule has 0 saturated carbocycles. The van der Waals surface area contributed by atoms with Crippen molar-refractivity contribution in [3.63, 3.8) is 0 Å². The molecule has 4 rings (SSSR count). The second-order valence-electron chi connectivity index (χ2n) is 8.00. The number of hydrogen-bond donors (Lipinski definition) is 1. The summed E-state index contributed by atoms with van der Waals surface area (Å²) in [4.78, 5) is 20.2. The molecule has 0 radical (unpaired) electrons. The molecular weight excluding hydrogens is 378 g/mol. The van der Waals surface area contributed by atoms with Gasteiger partial charge in [-0.25, -0.2) is 0 Å². The second-order valence-corrected chi connectivity index (χ2v) is 8.00. The van der Waals surface area contributed by atoms with Gasteiger partial charge in [-0.3, -0.25) is 9.78 Å². The Morgan fingerprint density at radius 1 is 1.30 bits per heavy atom. The Balaban J connectivity index is 1.37. The Labute approximate surface area is 178 Å². The molecule has 6 nitrogen and oxygen atoms in total. The van der Waals surface area contributed by atoms with Crippen molar-refractivity contribution in [3.05, 3.63) is 59.4 Å². The average Bonchev–Trinajstić information content (AvgIpc) is 3.12. The molecule has 0 spiro atoms. The van der Waals surface area contributed by atoms with Gasteiger partial charge in [0, 0.05) is 41.6 Å². The van der Waals surface area contributed by atoms with Crippen LogP contribution < -0.4 is 14.4 Å². The van der Waals surface area contributed by atoms with E-state index in [-0.39, 0.29) is 12.0 Å². The summed E-state index contributed by atoms with van der Waals surface area (Å²) in [6.07, 6.45) is 8.26. The molecule has 1 fully saturated rings. The standard InChI is InChI=1S/C24H29N3O3/c1-3-29-22-16-21-14-18(2)30-23(21)15-20(22)4-5-24(28)27-12-10-26(11-13-27)17-19-6-8-25-9-7-19/h4-9,15-16,18H,3,10-14,17H2,1-2H3/p+1/b5-4+/t18-/m1/s1. The highest BCUT2D eigenvalue weighted by Gasteiger charge is 2.23. The van der Waals surface area contributed by atoms with E-state index in [1.807, 2.05) is 42.4 Å². The largest absolute Gasteiger partial charge is 0.493 e. The van der Waals surface area contributed by atoms with Crippen LogP contribution in [0, 0.1) is 0 Å². The fourth-order valence-electron chi connectivity index (χ4n) is 4.14. The van der Waals surface area contributed by atoms with Crippen LogP contribution in [0.1, 0.15) is 30.5 Å². The van der Waals surface area contributed by atoms with Crippen LogP contribution >= 0.6 is 0 Å². The fraction of sp³-hybridized carbons (Fsp3) is 0.417. The van der Waals surface area contributed by atoms with Crippen LogP contribution in [0.5, 0.6) is 11.5 Å². The van der Waals surface area contributed by atoms with Gasteiger partial charge in [0.05, 0.1) is 32.8 Å². The molecule has 0 bridgehead atoms. The van der Waals surface area contributed by atoms with Gasteiger partial charge >= 0.3 is 0 Å². The Bertz CT molecular complexity index is 905. The first-order valence-electron chi connectivity index (χ1n) is 10.8. The highest BCUT2D eigenvalue weighted by molar-refractivity contribution is 5.92. The topological polar surface area (TPSA) is 56.1 Å². The SMILES string of the molecule is CCOc1cc2c(cc1/C=C/C(=O)N1CC[NH+](Cc3ccncc3)CC1)O[C@H](C)C2. The van der Waals surface area contributed by atoms with E-state index in [9.17, 15) is 4.79 Å². The van der Waals surface area contributed by atoms with Gasteiger partial charge in [0.15, 0.2) is 0 Å². The summed E-state index contributed by atoms with van der Waals surface area (Å²) in [7, 11) is 0. The van der Waals surface area contributed by atoms with E-state index in [2.05, 4.69) is 24.0 Å². The molecule has 2 aliphatic heterocycles. The van der Waals surface area contributed by atoms with Crippen molar-refractivity contribution in [2.45, 2.75) is 32.9 Å². The Kier molecular flexibility index (Phi) is 6.33. The zero-order valence-corrected chi connectivity index (χ0v) is 17.8. The van der Waals surface area contributed by atoms with Crippen molar-refractivity contribution in [3.8, 4) is 11.5 Å². The third-order valence-corrected chi connectivity index (χ3v) is 5.72. The predicted molar refractivity (Wildman–Crippen MR) is 116 cm³/mol. The van der Waals surface area contributed by atoms with Crippen LogP contribution in [-0.4, -0.2) is 54.7 Å². The van der Waals surface area contributed by atoms with Crippen molar-refractivity contribution in [2.24, 2.45) is 0 Å². The van der Waals surface area contributed by atoms with Crippen LogP contribution in [0.25, 0.3) is 6.08 Å². The highest BCUT2D eigenvalue weighted by atomic mass is 16.5. The second kappa shape index (κ2) is 9.30. The lowest BCUT2D eigenvalue weighted by molar-refractivity contribution is -0.917. The van der Waals surface area contributed by atoms with Gasteiger partial charge in [0.2, 0.25) is 5.91 Å². The van der Waals surface area contributed by atoms with E-state index in [0.717, 1.165) is 56.2 Å². The molecular formula is C24H30N3O3+. The molecule has 1 N–H and O–H groups in total. The number of ether oxygens (including phenoxy) is 2. The predicted octanol–water partition coefficient (Wildman–Crippen LogP) is 1.74. The van der Waals surface area contributed by atoms with Crippen LogP contribution in [0.2, 0.25) is 0 Å². The lowest BCUT2D eigenvalue weighted by atomic mass is 10.1. The molecule has 2 aliphatic rings. The van der Waals surface area contributed by atoms with Crippen molar-refractivity contribution in [1.29, 1.82) is 0 Å². The van der Waals surface area contributed by atoms with Crippen molar-refractivity contribution >= 4 is 12.0 Å². The molecule has 0 aliphatic carbocycles. The number of aromatic nitrogens is 1. The minimum Gasteiger partial charge on any atom is -0.493 e. The van der Waals surface area contributed by atoms with E-state index in [1.54, 1.807) is 6.08 Å². The molecule has 1 aromatic carbocycles. The smallest absolute Gasteiger partial charge is 0.246 e. The summed E-state index contributed by atoms with van der Waals surface area (Å²) in [5.41, 5.74) is 3.35. The molecule has 6 heteroatoms. The van der Waals surface area contributed by atoms with Gasteiger partial charge in [0.1, 0.15) is 24.1 Å². The monoisotopic (exact) mass is 408 g/mol. The third-order valence-electron chi connectivity index (χ3n) is 5.72. The van der Waals surface area contributed by atoms with E-state index >= 15 is 0 Å². The first-order valence-corrected chi connectivity index (χ1v) is 10.8. The zero-order chi connectivity index (χ0) is 20.9. The number of piperazine rings is 1. The molecule has 30 heavy (non-hydrogen) atoms. The average molecular weight is 409 g/mol. The molecule has 1 atom stereocenters. The molecule has 158 valence electrons. The molecule has 1 saturated heterocycles. The number of hydrogen-bond acceptors (Lipinski definition) is 4. The van der Waals surface area contributed by atoms with E-state index < -0.39 is 0 Å². The summed E-state index contributed by atoms with van der Waals surface area (Å²) >= 11 is 0. The minimum atomic E-state index is 0.0511. The number of nitrogens with one attached hydrogen (secondary N) is 1. The molecule has 3 heterocycles. The van der Waals surface area contributed by atoms with Gasteiger partial charge in [-0.05, 0) is 44.2 Å². The number of benzene rings is 1. The number of nitrogens with zero attached hydrogens (tertiary/aromatic N) is 2. The molecule has 1 aromatic heterocycles. The molecule has 1 amide bonds. The maximum Gasteiger partial charge on any atom is 0.246 e. The van der Waals surface area contributed by atoms with Crippen LogP contribution in [-0.2, 0) is 17.8 Å². The quantitative estimate of drug-likeness (QED) is 0.740. The summed E-state index contributed by atoms with van der Waals surface area (Å²) in [5, 5.41) is 0. The Morgan fingerprint density at radius 3 is 2.80 bits per heavy atom. The van der Waals surface area contributed by atoms with Gasteiger partial charge in [-0.1, -0.05) is 0 Å². The number of carbonyl (C=O) groups is 1. The molecule has 2 aromatic rings. The Hall–Kier alpha value is -2.86. The maximum atomic E-state index is 12.7. The van der Waals surface area contributed by atoms with Gasteiger partial charge in [-0.15, -0.1) is 0 Å². The summed E-state index contributed by atoms with van der Waals surface area (Å²) in [5.74, 6) is 1.76. The summed E-state index contributed by atoms with van der Waals surface area (Å²) in [6.45, 7) is 9.05. The van der Waals surface area contributed by atoms with E-state index in [0.29, 0.717) is 6.61 Å². The third kappa shape index (κ3) is 4.82. The van der Waals surface area contributed by atoms with Gasteiger partial charge in [-0.2, -0.15) is 0 Å². The summed E-state index contributed by atoms with van der Waals surface area (Å²) < 4.78 is 11.7.